The Kier molecular flexibility index (Phi) is 4.53. The van der Waals surface area contributed by atoms with Crippen LogP contribution in [0.25, 0.3) is 75.8 Å². The Balaban J connectivity index is 1.42. The normalized spacial score (nSPS) is 14.6. The van der Waals surface area contributed by atoms with Gasteiger partial charge in [-0.1, -0.05) is 85.0 Å². The van der Waals surface area contributed by atoms with Crippen molar-refractivity contribution in [3.05, 3.63) is 119 Å². The van der Waals surface area contributed by atoms with Gasteiger partial charge in [-0.3, -0.25) is 0 Å². The first-order chi connectivity index (χ1) is 19.3. The van der Waals surface area contributed by atoms with Crippen LogP contribution in [0.4, 0.5) is 0 Å². The number of allylic oxidation sites excluding steroid dienone is 2. The molecule has 0 aliphatic heterocycles. The number of benzene rings is 6. The predicted octanol–water partition coefficient (Wildman–Crippen LogP) is 11.1. The lowest BCUT2D eigenvalue weighted by Gasteiger charge is -2.24. The number of hydrogen-bond acceptors (Lipinski definition) is 1. The van der Waals surface area contributed by atoms with Crippen LogP contribution in [0.3, 0.4) is 0 Å². The van der Waals surface area contributed by atoms with E-state index in [0.717, 1.165) is 25.7 Å². The van der Waals surface area contributed by atoms with E-state index in [2.05, 4.69) is 109 Å². The third-order valence-electron chi connectivity index (χ3n) is 8.98. The summed E-state index contributed by atoms with van der Waals surface area (Å²) in [5.41, 5.74) is 8.51. The molecule has 0 unspecified atom stereocenters. The predicted molar refractivity (Wildman–Crippen MR) is 172 cm³/mol. The maximum atomic E-state index is 2.48. The minimum Gasteiger partial charge on any atom is -0.135 e. The molecule has 1 aromatic heterocycles. The molecule has 0 saturated heterocycles. The second-order valence-electron chi connectivity index (χ2n) is 11.0. The summed E-state index contributed by atoms with van der Waals surface area (Å²) >= 11 is 1.89. The second kappa shape index (κ2) is 8.15. The average molecular weight is 515 g/mol. The maximum absolute atomic E-state index is 2.48. The molecule has 0 amide bonds. The van der Waals surface area contributed by atoms with E-state index >= 15 is 0 Å². The molecule has 0 atom stereocenters. The van der Waals surface area contributed by atoms with Gasteiger partial charge in [0.05, 0.1) is 0 Å². The fraction of sp³-hybridized carbons (Fsp3) is 0.105. The fourth-order valence-electron chi connectivity index (χ4n) is 7.25. The van der Waals surface area contributed by atoms with Gasteiger partial charge in [-0.2, -0.15) is 0 Å². The van der Waals surface area contributed by atoms with Gasteiger partial charge in [0.15, 0.2) is 0 Å². The summed E-state index contributed by atoms with van der Waals surface area (Å²) in [5.74, 6) is 0. The highest BCUT2D eigenvalue weighted by atomic mass is 32.1. The van der Waals surface area contributed by atoms with Crippen molar-refractivity contribution in [1.82, 2.24) is 0 Å². The molecule has 2 aliphatic carbocycles. The lowest BCUT2D eigenvalue weighted by Crippen LogP contribution is -2.03. The molecule has 9 rings (SSSR count). The summed E-state index contributed by atoms with van der Waals surface area (Å²) in [7, 11) is 0. The summed E-state index contributed by atoms with van der Waals surface area (Å²) in [6.07, 6.45) is 14.0. The fourth-order valence-corrected chi connectivity index (χ4v) is 8.34. The van der Waals surface area contributed by atoms with E-state index in [9.17, 15) is 0 Å². The lowest BCUT2D eigenvalue weighted by molar-refractivity contribution is 0.994. The number of aryl methyl sites for hydroxylation is 2. The number of hydrogen-bond donors (Lipinski definition) is 0. The molecule has 1 heterocycles. The van der Waals surface area contributed by atoms with Gasteiger partial charge in [0, 0.05) is 20.2 Å². The van der Waals surface area contributed by atoms with Crippen LogP contribution in [0.5, 0.6) is 0 Å². The molecule has 39 heavy (non-hydrogen) atoms. The number of fused-ring (bicyclic) bond motifs is 14. The zero-order chi connectivity index (χ0) is 25.5. The average Bonchev–Trinajstić information content (AvgIpc) is 3.38. The Morgan fingerprint density at radius 3 is 1.82 bits per heavy atom. The highest BCUT2D eigenvalue weighted by Gasteiger charge is 2.22. The van der Waals surface area contributed by atoms with Crippen molar-refractivity contribution in [2.45, 2.75) is 25.7 Å². The van der Waals surface area contributed by atoms with Crippen LogP contribution in [-0.4, -0.2) is 0 Å². The molecule has 0 saturated carbocycles. The van der Waals surface area contributed by atoms with Crippen LogP contribution in [0, 0.1) is 0 Å². The van der Waals surface area contributed by atoms with Gasteiger partial charge in [-0.15, -0.1) is 11.3 Å². The second-order valence-corrected chi connectivity index (χ2v) is 12.1. The van der Waals surface area contributed by atoms with Crippen molar-refractivity contribution in [2.75, 3.05) is 0 Å². The van der Waals surface area contributed by atoms with E-state index in [4.69, 9.17) is 0 Å². The Morgan fingerprint density at radius 1 is 0.462 bits per heavy atom. The van der Waals surface area contributed by atoms with Gasteiger partial charge in [0.1, 0.15) is 0 Å². The van der Waals surface area contributed by atoms with Gasteiger partial charge in [-0.05, 0) is 116 Å². The third kappa shape index (κ3) is 3.05. The molecule has 0 spiro atoms. The van der Waals surface area contributed by atoms with E-state index in [-0.39, 0.29) is 0 Å². The van der Waals surface area contributed by atoms with E-state index in [1.165, 1.54) is 85.9 Å². The topological polar surface area (TPSA) is 0 Å². The molecular weight excluding hydrogens is 488 g/mol. The zero-order valence-electron chi connectivity index (χ0n) is 21.6. The first-order valence-electron chi connectivity index (χ1n) is 14.1. The molecule has 0 radical (unpaired) electrons. The Hall–Kier alpha value is -4.20. The van der Waals surface area contributed by atoms with Crippen LogP contribution in [0.2, 0.25) is 0 Å². The number of rotatable bonds is 1. The molecule has 0 nitrogen and oxygen atoms in total. The summed E-state index contributed by atoms with van der Waals surface area (Å²) in [5, 5.41) is 11.2. The molecule has 2 aliphatic rings. The minimum absolute atomic E-state index is 1.11. The van der Waals surface area contributed by atoms with Crippen LogP contribution in [0.15, 0.2) is 97.1 Å². The molecule has 184 valence electrons. The third-order valence-corrected chi connectivity index (χ3v) is 10.1. The highest BCUT2D eigenvalue weighted by Crippen LogP contribution is 2.46. The molecule has 7 aromatic rings. The maximum Gasteiger partial charge on any atom is 0.0355 e. The first kappa shape index (κ1) is 21.7. The van der Waals surface area contributed by atoms with E-state index in [1.54, 1.807) is 0 Å². The molecular formula is C38H26S. The summed E-state index contributed by atoms with van der Waals surface area (Å²) in [4.78, 5) is 0. The van der Waals surface area contributed by atoms with Crippen molar-refractivity contribution < 1.29 is 0 Å². The SMILES string of the molecule is C1=Cc2c(c3ccccc3c3c2c2c(c4ccc(-c5ccc6sc7ccccc7c6c5)cc43)CCC=C2)CC1. The Bertz CT molecular complexity index is 2210. The summed E-state index contributed by atoms with van der Waals surface area (Å²) in [6.45, 7) is 0. The van der Waals surface area contributed by atoms with Crippen LogP contribution < -0.4 is 0 Å². The standard InChI is InChI=1S/C38H26S/c1-4-13-30-25(9-1)26-10-2-6-15-32(26)38-34-22-23(17-19-28(34)27-11-3-5-14-31(27)37(30)38)24-18-20-36-33(21-24)29-12-7-8-16-35(29)39-36/h2,4-8,10,12-22H,1,3,9,11H2. The lowest BCUT2D eigenvalue weighted by atomic mass is 9.79. The largest absolute Gasteiger partial charge is 0.135 e. The Labute approximate surface area is 231 Å². The smallest absolute Gasteiger partial charge is 0.0355 e. The Morgan fingerprint density at radius 2 is 1.05 bits per heavy atom. The van der Waals surface area contributed by atoms with Crippen molar-refractivity contribution in [3.8, 4) is 11.1 Å². The van der Waals surface area contributed by atoms with Gasteiger partial charge in [-0.25, -0.2) is 0 Å². The summed E-state index contributed by atoms with van der Waals surface area (Å²) < 4.78 is 2.72. The quantitative estimate of drug-likeness (QED) is 0.191. The first-order valence-corrected chi connectivity index (χ1v) is 14.9. The molecule has 1 heteroatoms. The molecule has 6 aromatic carbocycles. The van der Waals surface area contributed by atoms with E-state index in [0.29, 0.717) is 0 Å². The monoisotopic (exact) mass is 514 g/mol. The molecule has 0 bridgehead atoms. The van der Waals surface area contributed by atoms with Crippen LogP contribution >= 0.6 is 11.3 Å². The summed E-state index contributed by atoms with van der Waals surface area (Å²) in [6, 6.07) is 32.2. The minimum atomic E-state index is 1.11. The van der Waals surface area contributed by atoms with E-state index < -0.39 is 0 Å². The van der Waals surface area contributed by atoms with Crippen LogP contribution in [0.1, 0.15) is 35.1 Å². The van der Waals surface area contributed by atoms with Gasteiger partial charge in [0.2, 0.25) is 0 Å². The highest BCUT2D eigenvalue weighted by molar-refractivity contribution is 7.25. The molecule has 0 N–H and O–H groups in total. The molecule has 0 fully saturated rings. The van der Waals surface area contributed by atoms with Crippen molar-refractivity contribution in [1.29, 1.82) is 0 Å². The van der Waals surface area contributed by atoms with Gasteiger partial charge >= 0.3 is 0 Å². The van der Waals surface area contributed by atoms with Gasteiger partial charge < -0.3 is 0 Å². The van der Waals surface area contributed by atoms with Crippen LogP contribution in [-0.2, 0) is 12.8 Å². The van der Waals surface area contributed by atoms with E-state index in [1.807, 2.05) is 11.3 Å². The van der Waals surface area contributed by atoms with Gasteiger partial charge in [0.25, 0.3) is 0 Å². The van der Waals surface area contributed by atoms with Crippen molar-refractivity contribution >= 4 is 76.0 Å². The number of thiophene rings is 1. The van der Waals surface area contributed by atoms with Crippen molar-refractivity contribution in [3.63, 3.8) is 0 Å². The zero-order valence-corrected chi connectivity index (χ0v) is 22.4. The van der Waals surface area contributed by atoms with Crippen molar-refractivity contribution in [2.24, 2.45) is 0 Å².